The summed E-state index contributed by atoms with van der Waals surface area (Å²) in [5, 5.41) is 0. The van der Waals surface area contributed by atoms with E-state index in [0.29, 0.717) is 0 Å². The number of hydrogen-bond donors (Lipinski definition) is 0. The molecule has 1 aliphatic carbocycles. The Kier molecular flexibility index (Phi) is 2.90. The van der Waals surface area contributed by atoms with Crippen LogP contribution in [0.1, 0.15) is 43.7 Å². The number of aryl methyl sites for hydroxylation is 1. The number of fused-ring (bicyclic) bond motifs is 1. The van der Waals surface area contributed by atoms with Gasteiger partial charge in [0.1, 0.15) is 6.29 Å². The van der Waals surface area contributed by atoms with Crippen LogP contribution in [0.25, 0.3) is 0 Å². The van der Waals surface area contributed by atoms with Gasteiger partial charge in [-0.25, -0.2) is 0 Å². The molecule has 0 bridgehead atoms. The summed E-state index contributed by atoms with van der Waals surface area (Å²) in [6.07, 6.45) is 6.57. The fourth-order valence-electron chi connectivity index (χ4n) is 2.84. The molecule has 0 saturated carbocycles. The molecular formula is C14H18O. The lowest BCUT2D eigenvalue weighted by Crippen LogP contribution is -2.32. The predicted octanol–water partition coefficient (Wildman–Crippen LogP) is 3.26. The maximum atomic E-state index is 11.4. The Bertz CT molecular complexity index is 356. The smallest absolute Gasteiger partial charge is 0.130 e. The first-order chi connectivity index (χ1) is 7.32. The molecule has 15 heavy (non-hydrogen) atoms. The van der Waals surface area contributed by atoms with E-state index in [2.05, 4.69) is 31.2 Å². The number of rotatable bonds is 3. The molecule has 0 heterocycles. The van der Waals surface area contributed by atoms with Crippen molar-refractivity contribution < 1.29 is 4.79 Å². The lowest BCUT2D eigenvalue weighted by Gasteiger charge is -2.34. The van der Waals surface area contributed by atoms with E-state index in [0.717, 1.165) is 32.1 Å². The first kappa shape index (κ1) is 10.4. The topological polar surface area (TPSA) is 17.1 Å². The third-order valence-corrected chi connectivity index (χ3v) is 3.54. The normalized spacial score (nSPS) is 24.6. The average molecular weight is 202 g/mol. The second kappa shape index (κ2) is 4.18. The van der Waals surface area contributed by atoms with Crippen molar-refractivity contribution in [2.45, 2.75) is 44.4 Å². The molecule has 1 aliphatic rings. The van der Waals surface area contributed by atoms with Gasteiger partial charge in [0, 0.05) is 0 Å². The van der Waals surface area contributed by atoms with Crippen LogP contribution in [0.4, 0.5) is 0 Å². The molecule has 1 aromatic rings. The summed E-state index contributed by atoms with van der Waals surface area (Å²) in [5.74, 6) is 0. The van der Waals surface area contributed by atoms with E-state index in [1.807, 2.05) is 0 Å². The zero-order valence-electron chi connectivity index (χ0n) is 9.33. The summed E-state index contributed by atoms with van der Waals surface area (Å²) < 4.78 is 0. The molecule has 1 aromatic carbocycles. The van der Waals surface area contributed by atoms with E-state index in [1.54, 1.807) is 0 Å². The number of carbonyl (C=O) groups is 1. The molecule has 0 aromatic heterocycles. The monoisotopic (exact) mass is 202 g/mol. The Morgan fingerprint density at radius 2 is 2.20 bits per heavy atom. The Labute approximate surface area is 91.5 Å². The summed E-state index contributed by atoms with van der Waals surface area (Å²) in [7, 11) is 0. The number of aldehydes is 1. The summed E-state index contributed by atoms with van der Waals surface area (Å²) >= 11 is 0. The van der Waals surface area contributed by atoms with Gasteiger partial charge in [0.15, 0.2) is 0 Å². The SMILES string of the molecule is CCCC1(C=O)CCCc2ccccc21. The number of carbonyl (C=O) groups excluding carboxylic acids is 1. The Hall–Kier alpha value is -1.11. The second-order valence-corrected chi connectivity index (χ2v) is 4.53. The van der Waals surface area contributed by atoms with E-state index in [4.69, 9.17) is 0 Å². The van der Waals surface area contributed by atoms with Crippen molar-refractivity contribution in [1.82, 2.24) is 0 Å². The fourth-order valence-corrected chi connectivity index (χ4v) is 2.84. The molecule has 0 saturated heterocycles. The van der Waals surface area contributed by atoms with Crippen molar-refractivity contribution in [2.24, 2.45) is 0 Å². The van der Waals surface area contributed by atoms with Crippen molar-refractivity contribution in [3.05, 3.63) is 35.4 Å². The molecule has 0 amide bonds. The Balaban J connectivity index is 2.46. The van der Waals surface area contributed by atoms with E-state index in [1.165, 1.54) is 17.4 Å². The zero-order chi connectivity index (χ0) is 10.7. The minimum Gasteiger partial charge on any atom is -0.302 e. The lowest BCUT2D eigenvalue weighted by atomic mass is 9.68. The van der Waals surface area contributed by atoms with Gasteiger partial charge < -0.3 is 4.79 Å². The largest absolute Gasteiger partial charge is 0.302 e. The quantitative estimate of drug-likeness (QED) is 0.687. The highest BCUT2D eigenvalue weighted by atomic mass is 16.1. The molecule has 1 unspecified atom stereocenters. The molecule has 2 rings (SSSR count). The third kappa shape index (κ3) is 1.71. The van der Waals surface area contributed by atoms with E-state index in [-0.39, 0.29) is 5.41 Å². The fraction of sp³-hybridized carbons (Fsp3) is 0.500. The van der Waals surface area contributed by atoms with Crippen LogP contribution >= 0.6 is 0 Å². The molecule has 0 aliphatic heterocycles. The summed E-state index contributed by atoms with van der Waals surface area (Å²) in [6, 6.07) is 8.44. The lowest BCUT2D eigenvalue weighted by molar-refractivity contribution is -0.113. The Morgan fingerprint density at radius 3 is 2.93 bits per heavy atom. The average Bonchev–Trinajstić information content (AvgIpc) is 2.30. The molecule has 80 valence electrons. The minimum absolute atomic E-state index is 0.177. The van der Waals surface area contributed by atoms with E-state index in [9.17, 15) is 4.79 Å². The highest BCUT2D eigenvalue weighted by molar-refractivity contribution is 5.70. The minimum atomic E-state index is -0.177. The zero-order valence-corrected chi connectivity index (χ0v) is 9.33. The molecular weight excluding hydrogens is 184 g/mol. The predicted molar refractivity (Wildman–Crippen MR) is 62.0 cm³/mol. The molecule has 0 fully saturated rings. The van der Waals surface area contributed by atoms with Crippen LogP contribution in [-0.4, -0.2) is 6.29 Å². The molecule has 1 heteroatoms. The second-order valence-electron chi connectivity index (χ2n) is 4.53. The summed E-state index contributed by atoms with van der Waals surface area (Å²) in [5.41, 5.74) is 2.49. The van der Waals surface area contributed by atoms with Gasteiger partial charge in [0.25, 0.3) is 0 Å². The van der Waals surface area contributed by atoms with Crippen LogP contribution < -0.4 is 0 Å². The molecule has 0 N–H and O–H groups in total. The number of hydrogen-bond acceptors (Lipinski definition) is 1. The molecule has 1 atom stereocenters. The van der Waals surface area contributed by atoms with Crippen LogP contribution in [0.2, 0.25) is 0 Å². The van der Waals surface area contributed by atoms with Gasteiger partial charge in [-0.05, 0) is 36.8 Å². The standard InChI is InChI=1S/C14H18O/c1-2-9-14(11-15)10-5-7-12-6-3-4-8-13(12)14/h3-4,6,8,11H,2,5,7,9-10H2,1H3. The van der Waals surface area contributed by atoms with Gasteiger partial charge in [-0.1, -0.05) is 37.6 Å². The number of benzene rings is 1. The van der Waals surface area contributed by atoms with Crippen molar-refractivity contribution in [2.75, 3.05) is 0 Å². The first-order valence-corrected chi connectivity index (χ1v) is 5.87. The Morgan fingerprint density at radius 1 is 1.40 bits per heavy atom. The van der Waals surface area contributed by atoms with E-state index < -0.39 is 0 Å². The van der Waals surface area contributed by atoms with Crippen molar-refractivity contribution in [1.29, 1.82) is 0 Å². The van der Waals surface area contributed by atoms with E-state index >= 15 is 0 Å². The van der Waals surface area contributed by atoms with Crippen LogP contribution in [0.3, 0.4) is 0 Å². The highest BCUT2D eigenvalue weighted by Gasteiger charge is 2.34. The van der Waals surface area contributed by atoms with Crippen LogP contribution in [0.15, 0.2) is 24.3 Å². The van der Waals surface area contributed by atoms with Gasteiger partial charge in [-0.3, -0.25) is 0 Å². The third-order valence-electron chi connectivity index (χ3n) is 3.54. The maximum Gasteiger partial charge on any atom is 0.130 e. The molecule has 1 nitrogen and oxygen atoms in total. The van der Waals surface area contributed by atoms with Gasteiger partial charge >= 0.3 is 0 Å². The van der Waals surface area contributed by atoms with Crippen molar-refractivity contribution >= 4 is 6.29 Å². The van der Waals surface area contributed by atoms with Gasteiger partial charge in [0.2, 0.25) is 0 Å². The van der Waals surface area contributed by atoms with Crippen LogP contribution in [-0.2, 0) is 16.6 Å². The van der Waals surface area contributed by atoms with Gasteiger partial charge in [0.05, 0.1) is 5.41 Å². The van der Waals surface area contributed by atoms with Gasteiger partial charge in [-0.2, -0.15) is 0 Å². The van der Waals surface area contributed by atoms with Crippen LogP contribution in [0.5, 0.6) is 0 Å². The van der Waals surface area contributed by atoms with Crippen molar-refractivity contribution in [3.63, 3.8) is 0 Å². The molecule has 0 spiro atoms. The highest BCUT2D eigenvalue weighted by Crippen LogP contribution is 2.39. The first-order valence-electron chi connectivity index (χ1n) is 5.87. The maximum absolute atomic E-state index is 11.4. The summed E-state index contributed by atoms with van der Waals surface area (Å²) in [6.45, 7) is 2.16. The molecule has 0 radical (unpaired) electrons. The van der Waals surface area contributed by atoms with Crippen LogP contribution in [0, 0.1) is 0 Å². The van der Waals surface area contributed by atoms with Crippen molar-refractivity contribution in [3.8, 4) is 0 Å². The van der Waals surface area contributed by atoms with Gasteiger partial charge in [-0.15, -0.1) is 0 Å². The summed E-state index contributed by atoms with van der Waals surface area (Å²) in [4.78, 5) is 11.4.